The minimum absolute atomic E-state index is 0.240. The maximum atomic E-state index is 13.8. The van der Waals surface area contributed by atoms with Crippen molar-refractivity contribution in [3.8, 4) is 17.1 Å². The van der Waals surface area contributed by atoms with Crippen LogP contribution in [0.3, 0.4) is 0 Å². The first kappa shape index (κ1) is 13.5. The zero-order valence-electron chi connectivity index (χ0n) is 11.5. The second-order valence-electron chi connectivity index (χ2n) is 4.73. The van der Waals surface area contributed by atoms with Gasteiger partial charge in [0.2, 0.25) is 0 Å². The number of nitrogens with zero attached hydrogens (tertiary/aromatic N) is 3. The fourth-order valence-electron chi connectivity index (χ4n) is 2.19. The number of hydrogen-bond acceptors (Lipinski definition) is 3. The van der Waals surface area contributed by atoms with Gasteiger partial charge in [-0.15, -0.1) is 10.2 Å². The van der Waals surface area contributed by atoms with E-state index in [2.05, 4.69) is 10.2 Å². The number of hydrogen-bond donors (Lipinski definition) is 1. The highest BCUT2D eigenvalue weighted by Gasteiger charge is 2.15. The standard InChI is InChI=1S/C16H14FN3O/c1-11-7-8-12(9-14(11)17)16-19-18-15(10-21)20(16)13-5-3-2-4-6-13/h2-9,21H,10H2,1H3. The summed E-state index contributed by atoms with van der Waals surface area (Å²) in [4.78, 5) is 0. The average molecular weight is 283 g/mol. The lowest BCUT2D eigenvalue weighted by Gasteiger charge is -2.09. The fourth-order valence-corrected chi connectivity index (χ4v) is 2.19. The second-order valence-corrected chi connectivity index (χ2v) is 4.73. The van der Waals surface area contributed by atoms with Crippen LogP contribution in [-0.2, 0) is 6.61 Å². The second kappa shape index (κ2) is 5.46. The van der Waals surface area contributed by atoms with E-state index < -0.39 is 0 Å². The first-order chi connectivity index (χ1) is 10.2. The van der Waals surface area contributed by atoms with E-state index >= 15 is 0 Å². The first-order valence-corrected chi connectivity index (χ1v) is 6.58. The molecule has 0 spiro atoms. The monoisotopic (exact) mass is 283 g/mol. The molecule has 21 heavy (non-hydrogen) atoms. The van der Waals surface area contributed by atoms with Gasteiger partial charge in [-0.05, 0) is 30.7 Å². The van der Waals surface area contributed by atoms with Gasteiger partial charge in [0.15, 0.2) is 11.6 Å². The summed E-state index contributed by atoms with van der Waals surface area (Å²) in [7, 11) is 0. The average Bonchev–Trinajstić information content (AvgIpc) is 2.95. The predicted molar refractivity (Wildman–Crippen MR) is 77.4 cm³/mol. The fraction of sp³-hybridized carbons (Fsp3) is 0.125. The molecule has 0 atom stereocenters. The molecule has 0 aliphatic carbocycles. The number of para-hydroxylation sites is 1. The van der Waals surface area contributed by atoms with Crippen molar-refractivity contribution < 1.29 is 9.50 Å². The lowest BCUT2D eigenvalue weighted by molar-refractivity contribution is 0.269. The molecular formula is C16H14FN3O. The smallest absolute Gasteiger partial charge is 0.168 e. The SMILES string of the molecule is Cc1ccc(-c2nnc(CO)n2-c2ccccc2)cc1F. The van der Waals surface area contributed by atoms with E-state index in [0.29, 0.717) is 22.8 Å². The van der Waals surface area contributed by atoms with Gasteiger partial charge in [0.25, 0.3) is 0 Å². The molecule has 0 aliphatic rings. The van der Waals surface area contributed by atoms with Gasteiger partial charge in [0.05, 0.1) is 0 Å². The Morgan fingerprint density at radius 2 is 1.86 bits per heavy atom. The molecule has 1 N–H and O–H groups in total. The van der Waals surface area contributed by atoms with Gasteiger partial charge in [-0.3, -0.25) is 4.57 Å². The first-order valence-electron chi connectivity index (χ1n) is 6.58. The van der Waals surface area contributed by atoms with Crippen molar-refractivity contribution in [2.24, 2.45) is 0 Å². The van der Waals surface area contributed by atoms with Crippen molar-refractivity contribution >= 4 is 0 Å². The van der Waals surface area contributed by atoms with E-state index in [9.17, 15) is 9.50 Å². The summed E-state index contributed by atoms with van der Waals surface area (Å²) in [6.45, 7) is 1.47. The minimum atomic E-state index is -0.291. The van der Waals surface area contributed by atoms with Gasteiger partial charge in [-0.2, -0.15) is 0 Å². The molecule has 0 amide bonds. The van der Waals surface area contributed by atoms with Crippen LogP contribution in [0.2, 0.25) is 0 Å². The van der Waals surface area contributed by atoms with Crippen molar-refractivity contribution in [3.63, 3.8) is 0 Å². The minimum Gasteiger partial charge on any atom is -0.388 e. The summed E-state index contributed by atoms with van der Waals surface area (Å²) < 4.78 is 15.5. The van der Waals surface area contributed by atoms with Crippen molar-refractivity contribution in [2.45, 2.75) is 13.5 Å². The number of aryl methyl sites for hydroxylation is 1. The normalized spacial score (nSPS) is 10.8. The highest BCUT2D eigenvalue weighted by Crippen LogP contribution is 2.24. The maximum Gasteiger partial charge on any atom is 0.168 e. The van der Waals surface area contributed by atoms with Crippen LogP contribution < -0.4 is 0 Å². The van der Waals surface area contributed by atoms with Crippen LogP contribution in [0.15, 0.2) is 48.5 Å². The maximum absolute atomic E-state index is 13.8. The lowest BCUT2D eigenvalue weighted by atomic mass is 10.1. The molecule has 3 rings (SSSR count). The number of benzene rings is 2. The molecule has 106 valence electrons. The van der Waals surface area contributed by atoms with Crippen LogP contribution in [-0.4, -0.2) is 19.9 Å². The molecule has 0 saturated carbocycles. The largest absolute Gasteiger partial charge is 0.388 e. The Kier molecular flexibility index (Phi) is 3.50. The van der Waals surface area contributed by atoms with Gasteiger partial charge in [-0.25, -0.2) is 4.39 Å². The third-order valence-corrected chi connectivity index (χ3v) is 3.32. The van der Waals surface area contributed by atoms with Gasteiger partial charge >= 0.3 is 0 Å². The molecule has 2 aromatic carbocycles. The molecule has 0 fully saturated rings. The highest BCUT2D eigenvalue weighted by molar-refractivity contribution is 5.59. The Morgan fingerprint density at radius 3 is 2.52 bits per heavy atom. The summed E-state index contributed by atoms with van der Waals surface area (Å²) in [5, 5.41) is 17.5. The quantitative estimate of drug-likeness (QED) is 0.804. The molecule has 3 aromatic rings. The zero-order valence-corrected chi connectivity index (χ0v) is 11.5. The van der Waals surface area contributed by atoms with Crippen LogP contribution >= 0.6 is 0 Å². The van der Waals surface area contributed by atoms with E-state index in [-0.39, 0.29) is 12.4 Å². The number of aliphatic hydroxyl groups excluding tert-OH is 1. The summed E-state index contributed by atoms with van der Waals surface area (Å²) in [6.07, 6.45) is 0. The molecule has 1 aromatic heterocycles. The molecule has 5 heteroatoms. The summed E-state index contributed by atoms with van der Waals surface area (Å²) >= 11 is 0. The molecule has 4 nitrogen and oxygen atoms in total. The lowest BCUT2D eigenvalue weighted by Crippen LogP contribution is -2.03. The van der Waals surface area contributed by atoms with E-state index in [4.69, 9.17) is 0 Å². The Balaban J connectivity index is 2.20. The summed E-state index contributed by atoms with van der Waals surface area (Å²) in [6, 6.07) is 14.4. The van der Waals surface area contributed by atoms with E-state index in [0.717, 1.165) is 5.69 Å². The number of aromatic nitrogens is 3. The third kappa shape index (κ3) is 2.43. The van der Waals surface area contributed by atoms with Crippen molar-refractivity contribution in [2.75, 3.05) is 0 Å². The molecule has 0 saturated heterocycles. The van der Waals surface area contributed by atoms with E-state index in [1.165, 1.54) is 6.07 Å². The summed E-state index contributed by atoms with van der Waals surface area (Å²) in [5.41, 5.74) is 2.02. The Hall–Kier alpha value is -2.53. The number of aliphatic hydroxyl groups is 1. The Bertz CT molecular complexity index is 768. The molecule has 0 bridgehead atoms. The van der Waals surface area contributed by atoms with Gasteiger partial charge in [-0.1, -0.05) is 30.3 Å². The summed E-state index contributed by atoms with van der Waals surface area (Å²) in [5.74, 6) is 0.627. The van der Waals surface area contributed by atoms with Crippen molar-refractivity contribution in [3.05, 3.63) is 65.7 Å². The van der Waals surface area contributed by atoms with E-state index in [1.54, 1.807) is 23.6 Å². The highest BCUT2D eigenvalue weighted by atomic mass is 19.1. The van der Waals surface area contributed by atoms with E-state index in [1.807, 2.05) is 30.3 Å². The van der Waals surface area contributed by atoms with Crippen LogP contribution in [0.5, 0.6) is 0 Å². The number of rotatable bonds is 3. The Labute approximate surface area is 121 Å². The third-order valence-electron chi connectivity index (χ3n) is 3.32. The van der Waals surface area contributed by atoms with Crippen LogP contribution in [0.25, 0.3) is 17.1 Å². The molecule has 1 heterocycles. The van der Waals surface area contributed by atoms with Crippen LogP contribution in [0.4, 0.5) is 4.39 Å². The molecule has 0 unspecified atom stereocenters. The van der Waals surface area contributed by atoms with Gasteiger partial charge in [0.1, 0.15) is 12.4 Å². The molecule has 0 radical (unpaired) electrons. The topological polar surface area (TPSA) is 50.9 Å². The van der Waals surface area contributed by atoms with Gasteiger partial charge in [0, 0.05) is 11.3 Å². The van der Waals surface area contributed by atoms with Crippen molar-refractivity contribution in [1.29, 1.82) is 0 Å². The van der Waals surface area contributed by atoms with Crippen LogP contribution in [0.1, 0.15) is 11.4 Å². The molecular weight excluding hydrogens is 269 g/mol. The molecule has 0 aliphatic heterocycles. The van der Waals surface area contributed by atoms with Crippen molar-refractivity contribution in [1.82, 2.24) is 14.8 Å². The predicted octanol–water partition coefficient (Wildman–Crippen LogP) is 2.87. The Morgan fingerprint density at radius 1 is 1.10 bits per heavy atom. The van der Waals surface area contributed by atoms with Crippen LogP contribution in [0, 0.1) is 12.7 Å². The zero-order chi connectivity index (χ0) is 14.8. The number of halogens is 1. The van der Waals surface area contributed by atoms with Gasteiger partial charge < -0.3 is 5.11 Å².